The third-order valence-electron chi connectivity index (χ3n) is 4.18. The van der Waals surface area contributed by atoms with E-state index >= 15 is 0 Å². The molecule has 1 N–H and O–H groups in total. The fourth-order valence-corrected chi connectivity index (χ4v) is 2.70. The largest absolute Gasteiger partial charge is 0.496 e. The van der Waals surface area contributed by atoms with Crippen LogP contribution >= 0.6 is 0 Å². The van der Waals surface area contributed by atoms with Gasteiger partial charge in [0.15, 0.2) is 0 Å². The topological polar surface area (TPSA) is 51.2 Å². The van der Waals surface area contributed by atoms with Crippen molar-refractivity contribution in [2.75, 3.05) is 12.4 Å². The molecule has 1 atom stereocenters. The molecule has 0 radical (unpaired) electrons. The Kier molecular flexibility index (Phi) is 5.27. The summed E-state index contributed by atoms with van der Waals surface area (Å²) in [5.74, 6) is 0.118. The predicted molar refractivity (Wildman–Crippen MR) is 99.7 cm³/mol. The zero-order chi connectivity index (χ0) is 18.5. The Morgan fingerprint density at radius 3 is 2.62 bits per heavy atom. The number of halogens is 1. The zero-order valence-electron chi connectivity index (χ0n) is 14.6. The Morgan fingerprint density at radius 1 is 1.12 bits per heavy atom. The second-order valence-electron chi connectivity index (χ2n) is 5.90. The molecular formula is C21H19FN2O2. The monoisotopic (exact) mass is 350 g/mol. The molecule has 5 heteroatoms. The van der Waals surface area contributed by atoms with Crippen LogP contribution in [0.15, 0.2) is 66.9 Å². The number of ether oxygens (including phenoxy) is 1. The van der Waals surface area contributed by atoms with Gasteiger partial charge in [-0.1, -0.05) is 30.3 Å². The Morgan fingerprint density at radius 2 is 1.88 bits per heavy atom. The molecule has 0 aliphatic rings. The summed E-state index contributed by atoms with van der Waals surface area (Å²) in [6.45, 7) is 1.84. The first-order valence-corrected chi connectivity index (χ1v) is 8.24. The van der Waals surface area contributed by atoms with E-state index in [1.165, 1.54) is 19.2 Å². The summed E-state index contributed by atoms with van der Waals surface area (Å²) < 4.78 is 18.9. The molecule has 4 nitrogen and oxygen atoms in total. The van der Waals surface area contributed by atoms with Crippen molar-refractivity contribution >= 4 is 11.7 Å². The summed E-state index contributed by atoms with van der Waals surface area (Å²) in [5, 5.41) is 2.82. The molecule has 26 heavy (non-hydrogen) atoms. The summed E-state index contributed by atoms with van der Waals surface area (Å²) in [6, 6.07) is 17.3. The van der Waals surface area contributed by atoms with Crippen molar-refractivity contribution in [2.24, 2.45) is 0 Å². The fraction of sp³-hybridized carbons (Fsp3) is 0.143. The lowest BCUT2D eigenvalue weighted by molar-refractivity contribution is -0.117. The van der Waals surface area contributed by atoms with Gasteiger partial charge in [-0.25, -0.2) is 9.37 Å². The van der Waals surface area contributed by atoms with E-state index in [-0.39, 0.29) is 17.6 Å². The van der Waals surface area contributed by atoms with Crippen LogP contribution in [0.25, 0.3) is 11.1 Å². The maximum absolute atomic E-state index is 13.6. The van der Waals surface area contributed by atoms with E-state index in [0.717, 1.165) is 5.56 Å². The van der Waals surface area contributed by atoms with Crippen molar-refractivity contribution < 1.29 is 13.9 Å². The maximum atomic E-state index is 13.6. The van der Waals surface area contributed by atoms with Crippen LogP contribution in [0.4, 0.5) is 10.2 Å². The number of carbonyl (C=O) groups is 1. The maximum Gasteiger partial charge on any atom is 0.232 e. The number of hydrogen-bond donors (Lipinski definition) is 1. The normalized spacial score (nSPS) is 11.7. The second kappa shape index (κ2) is 7.78. The number of nitrogens with zero attached hydrogens (tertiary/aromatic N) is 1. The molecule has 0 saturated heterocycles. The zero-order valence-corrected chi connectivity index (χ0v) is 14.6. The van der Waals surface area contributed by atoms with Crippen LogP contribution in [0, 0.1) is 5.82 Å². The van der Waals surface area contributed by atoms with Gasteiger partial charge in [0.1, 0.15) is 17.4 Å². The Labute approximate surface area is 151 Å². The number of amides is 1. The first kappa shape index (κ1) is 17.6. The van der Waals surface area contributed by atoms with Gasteiger partial charge in [-0.05, 0) is 48.4 Å². The van der Waals surface area contributed by atoms with Gasteiger partial charge in [-0.3, -0.25) is 4.79 Å². The lowest BCUT2D eigenvalue weighted by atomic mass is 10.0. The summed E-state index contributed by atoms with van der Waals surface area (Å²) >= 11 is 0. The molecular weight excluding hydrogens is 331 g/mol. The lowest BCUT2D eigenvalue weighted by Crippen LogP contribution is -2.19. The molecule has 3 rings (SSSR count). The minimum atomic E-state index is -0.360. The van der Waals surface area contributed by atoms with E-state index in [4.69, 9.17) is 4.74 Å². The molecule has 132 valence electrons. The molecule has 1 unspecified atom stereocenters. The number of anilines is 1. The van der Waals surface area contributed by atoms with Crippen LogP contribution in [0.5, 0.6) is 5.75 Å². The molecule has 0 bridgehead atoms. The molecule has 0 spiro atoms. The van der Waals surface area contributed by atoms with Gasteiger partial charge in [0, 0.05) is 11.8 Å². The minimum Gasteiger partial charge on any atom is -0.496 e. The fourth-order valence-electron chi connectivity index (χ4n) is 2.70. The van der Waals surface area contributed by atoms with Crippen LogP contribution in [0.1, 0.15) is 18.4 Å². The van der Waals surface area contributed by atoms with Gasteiger partial charge < -0.3 is 10.1 Å². The third kappa shape index (κ3) is 3.88. The standard InChI is InChI=1S/C21H19FN2O2/c1-14(15-6-4-3-5-7-15)21(25)24-20-12-16(10-11-23-20)18-13-17(22)8-9-19(18)26-2/h3-14H,1-2H3,(H,23,24,25). The van der Waals surface area contributed by atoms with Crippen molar-refractivity contribution in [3.63, 3.8) is 0 Å². The highest BCUT2D eigenvalue weighted by molar-refractivity contribution is 5.95. The van der Waals surface area contributed by atoms with Crippen LogP contribution in [0.3, 0.4) is 0 Å². The van der Waals surface area contributed by atoms with E-state index in [1.54, 1.807) is 24.4 Å². The number of carbonyl (C=O) groups excluding carboxylic acids is 1. The smallest absolute Gasteiger partial charge is 0.232 e. The van der Waals surface area contributed by atoms with E-state index in [1.807, 2.05) is 37.3 Å². The summed E-state index contributed by atoms with van der Waals surface area (Å²) in [5.41, 5.74) is 2.23. The highest BCUT2D eigenvalue weighted by atomic mass is 19.1. The average Bonchev–Trinajstić information content (AvgIpc) is 2.68. The molecule has 1 heterocycles. The van der Waals surface area contributed by atoms with Crippen molar-refractivity contribution in [1.82, 2.24) is 4.98 Å². The summed E-state index contributed by atoms with van der Waals surface area (Å²) in [7, 11) is 1.53. The van der Waals surface area contributed by atoms with Gasteiger partial charge in [-0.2, -0.15) is 0 Å². The second-order valence-corrected chi connectivity index (χ2v) is 5.90. The number of methoxy groups -OCH3 is 1. The number of hydrogen-bond acceptors (Lipinski definition) is 3. The van der Waals surface area contributed by atoms with Crippen molar-refractivity contribution in [1.29, 1.82) is 0 Å². The Balaban J connectivity index is 1.84. The first-order valence-electron chi connectivity index (χ1n) is 8.24. The van der Waals surface area contributed by atoms with Crippen molar-refractivity contribution in [2.45, 2.75) is 12.8 Å². The van der Waals surface area contributed by atoms with Gasteiger partial charge in [-0.15, -0.1) is 0 Å². The SMILES string of the molecule is COc1ccc(F)cc1-c1ccnc(NC(=O)C(C)c2ccccc2)c1. The first-order chi connectivity index (χ1) is 12.6. The van der Waals surface area contributed by atoms with E-state index in [9.17, 15) is 9.18 Å². The molecule has 0 aliphatic carbocycles. The number of nitrogens with one attached hydrogen (secondary N) is 1. The van der Waals surface area contributed by atoms with E-state index in [2.05, 4.69) is 10.3 Å². The van der Waals surface area contributed by atoms with Gasteiger partial charge in [0.25, 0.3) is 0 Å². The molecule has 1 amide bonds. The Bertz CT molecular complexity index is 913. The molecule has 0 aliphatic heterocycles. The number of aromatic nitrogens is 1. The minimum absolute atomic E-state index is 0.160. The highest BCUT2D eigenvalue weighted by Crippen LogP contribution is 2.31. The van der Waals surface area contributed by atoms with Crippen LogP contribution in [0.2, 0.25) is 0 Å². The molecule has 1 aromatic heterocycles. The van der Waals surface area contributed by atoms with Gasteiger partial charge >= 0.3 is 0 Å². The number of rotatable bonds is 5. The number of pyridine rings is 1. The quantitative estimate of drug-likeness (QED) is 0.729. The average molecular weight is 350 g/mol. The van der Waals surface area contributed by atoms with Crippen molar-refractivity contribution in [3.05, 3.63) is 78.2 Å². The summed E-state index contributed by atoms with van der Waals surface area (Å²) in [4.78, 5) is 16.7. The van der Waals surface area contributed by atoms with Crippen LogP contribution < -0.4 is 10.1 Å². The van der Waals surface area contributed by atoms with Gasteiger partial charge in [0.2, 0.25) is 5.91 Å². The molecule has 0 fully saturated rings. The van der Waals surface area contributed by atoms with Crippen molar-refractivity contribution in [3.8, 4) is 16.9 Å². The molecule has 0 saturated carbocycles. The molecule has 3 aromatic rings. The van der Waals surface area contributed by atoms with Crippen LogP contribution in [-0.2, 0) is 4.79 Å². The predicted octanol–water partition coefficient (Wildman–Crippen LogP) is 4.64. The van der Waals surface area contributed by atoms with Gasteiger partial charge in [0.05, 0.1) is 13.0 Å². The highest BCUT2D eigenvalue weighted by Gasteiger charge is 2.16. The molecule has 2 aromatic carbocycles. The Hall–Kier alpha value is -3.21. The number of benzene rings is 2. The third-order valence-corrected chi connectivity index (χ3v) is 4.18. The van der Waals surface area contributed by atoms with Crippen LogP contribution in [-0.4, -0.2) is 18.0 Å². The van der Waals surface area contributed by atoms with E-state index in [0.29, 0.717) is 22.7 Å². The lowest BCUT2D eigenvalue weighted by Gasteiger charge is -2.13. The van der Waals surface area contributed by atoms with E-state index < -0.39 is 0 Å². The summed E-state index contributed by atoms with van der Waals surface area (Å²) in [6.07, 6.45) is 1.57.